The van der Waals surface area contributed by atoms with Crippen LogP contribution in [0.1, 0.15) is 38.8 Å². The van der Waals surface area contributed by atoms with Crippen molar-refractivity contribution in [1.29, 1.82) is 5.26 Å². The molecular weight excluding hydrogens is 665 g/mol. The number of aliphatic hydroxyl groups is 1. The zero-order chi connectivity index (χ0) is 36.9. The zero-order valence-electron chi connectivity index (χ0n) is 28.5. The molecule has 264 valence electrons. The second-order valence-electron chi connectivity index (χ2n) is 13.7. The van der Waals surface area contributed by atoms with Crippen molar-refractivity contribution < 1.29 is 23.0 Å². The SMILES string of the molecule is Cn1nc(-c2ccnc(-n3ccc4cc(C(C)(C)C#N)cc(F)c4c3=O)c2CO)cc(Nc2ccc(OC(C)(C)CN3CC(F)(F)C3)cn2)c1=O. The minimum Gasteiger partial charge on any atom is -0.485 e. The highest BCUT2D eigenvalue weighted by molar-refractivity contribution is 5.84. The van der Waals surface area contributed by atoms with E-state index in [1.807, 2.05) is 0 Å². The highest BCUT2D eigenvalue weighted by Gasteiger charge is 2.45. The fourth-order valence-corrected chi connectivity index (χ4v) is 6.10. The number of hydrogen-bond donors (Lipinski definition) is 2. The number of nitriles is 1. The van der Waals surface area contributed by atoms with Crippen LogP contribution < -0.4 is 21.2 Å². The molecule has 51 heavy (non-hydrogen) atoms. The Hall–Kier alpha value is -5.59. The normalized spacial score (nSPS) is 14.6. The van der Waals surface area contributed by atoms with Crippen LogP contribution in [0.2, 0.25) is 0 Å². The van der Waals surface area contributed by atoms with Gasteiger partial charge in [0, 0.05) is 37.1 Å². The maximum atomic E-state index is 15.4. The first-order chi connectivity index (χ1) is 24.0. The highest BCUT2D eigenvalue weighted by atomic mass is 19.3. The Labute approximate surface area is 290 Å². The number of nitrogens with one attached hydrogen (secondary N) is 1. The number of aliphatic hydroxyl groups excluding tert-OH is 1. The van der Waals surface area contributed by atoms with Gasteiger partial charge in [0.2, 0.25) is 0 Å². The van der Waals surface area contributed by atoms with Gasteiger partial charge in [-0.2, -0.15) is 10.4 Å². The van der Waals surface area contributed by atoms with Gasteiger partial charge < -0.3 is 15.2 Å². The molecule has 1 fully saturated rings. The van der Waals surface area contributed by atoms with Crippen LogP contribution in [0.25, 0.3) is 27.8 Å². The van der Waals surface area contributed by atoms with Gasteiger partial charge in [0.15, 0.2) is 0 Å². The molecule has 1 aromatic carbocycles. The molecule has 5 aromatic rings. The lowest BCUT2D eigenvalue weighted by Crippen LogP contribution is -2.60. The van der Waals surface area contributed by atoms with Gasteiger partial charge in [0.05, 0.1) is 48.5 Å². The summed E-state index contributed by atoms with van der Waals surface area (Å²) in [5, 5.41) is 27.5. The Morgan fingerprint density at radius 1 is 1.06 bits per heavy atom. The van der Waals surface area contributed by atoms with E-state index in [1.165, 1.54) is 43.8 Å². The minimum absolute atomic E-state index is 0.0379. The lowest BCUT2D eigenvalue weighted by Gasteiger charge is -2.42. The van der Waals surface area contributed by atoms with Crippen LogP contribution in [0.15, 0.2) is 70.6 Å². The summed E-state index contributed by atoms with van der Waals surface area (Å²) in [5.41, 5.74) is -1.60. The van der Waals surface area contributed by atoms with Crippen LogP contribution >= 0.6 is 0 Å². The van der Waals surface area contributed by atoms with Crippen LogP contribution in [0.3, 0.4) is 0 Å². The standard InChI is InChI=1S/C36H35F3N8O4/c1-34(2,17-40)22-12-21-9-11-47(33(50)30(21)26(37)13-22)31-25(16-48)24(8-10-41-31)27-14-28(32(49)45(5)44-27)43-29-7-6-23(15-42-29)51-35(3,4)18-46-19-36(38,39)20-46/h6-15,48H,16,18-20H2,1-5H3,(H,42,43). The van der Waals surface area contributed by atoms with Crippen LogP contribution in [0.5, 0.6) is 5.75 Å². The molecule has 0 radical (unpaired) electrons. The number of anilines is 2. The third kappa shape index (κ3) is 7.05. The summed E-state index contributed by atoms with van der Waals surface area (Å²) in [4.78, 5) is 37.1. The lowest BCUT2D eigenvalue weighted by atomic mass is 9.85. The highest BCUT2D eigenvalue weighted by Crippen LogP contribution is 2.31. The van der Waals surface area contributed by atoms with Crippen molar-refractivity contribution in [3.8, 4) is 28.9 Å². The molecule has 0 atom stereocenters. The molecular formula is C36H35F3N8O4. The number of aryl methyl sites for hydroxylation is 1. The van der Waals surface area contributed by atoms with Crippen molar-refractivity contribution in [3.63, 3.8) is 0 Å². The van der Waals surface area contributed by atoms with Gasteiger partial charge in [0.25, 0.3) is 17.0 Å². The molecule has 5 heterocycles. The number of fused-ring (bicyclic) bond motifs is 1. The van der Waals surface area contributed by atoms with E-state index < -0.39 is 40.5 Å². The Balaban J connectivity index is 1.29. The number of likely N-dealkylation sites (tertiary alicyclic amines) is 1. The number of rotatable bonds is 10. The fraction of sp³-hybridized carbons (Fsp3) is 0.333. The number of ether oxygens (including phenoxy) is 1. The largest absolute Gasteiger partial charge is 0.485 e. The second kappa shape index (κ2) is 12.9. The third-order valence-corrected chi connectivity index (χ3v) is 8.62. The van der Waals surface area contributed by atoms with Gasteiger partial charge in [-0.25, -0.2) is 27.8 Å². The molecule has 0 unspecified atom stereocenters. The first-order valence-corrected chi connectivity index (χ1v) is 16.0. The van der Waals surface area contributed by atoms with Crippen molar-refractivity contribution in [2.24, 2.45) is 7.05 Å². The van der Waals surface area contributed by atoms with Crippen molar-refractivity contribution in [2.75, 3.05) is 25.0 Å². The van der Waals surface area contributed by atoms with Gasteiger partial charge >= 0.3 is 0 Å². The number of hydrogen-bond acceptors (Lipinski definition) is 10. The van der Waals surface area contributed by atoms with E-state index >= 15 is 4.39 Å². The Morgan fingerprint density at radius 2 is 1.80 bits per heavy atom. The van der Waals surface area contributed by atoms with Crippen molar-refractivity contribution >= 4 is 22.3 Å². The maximum Gasteiger partial charge on any atom is 0.290 e. The number of halogens is 3. The number of aromatic nitrogens is 5. The molecule has 1 aliphatic rings. The van der Waals surface area contributed by atoms with E-state index in [9.17, 15) is 28.7 Å². The van der Waals surface area contributed by atoms with E-state index in [2.05, 4.69) is 26.5 Å². The van der Waals surface area contributed by atoms with Gasteiger partial charge in [-0.3, -0.25) is 19.1 Å². The number of benzene rings is 1. The van der Waals surface area contributed by atoms with E-state index in [1.54, 1.807) is 56.9 Å². The zero-order valence-corrected chi connectivity index (χ0v) is 28.5. The molecule has 6 rings (SSSR count). The third-order valence-electron chi connectivity index (χ3n) is 8.62. The Bertz CT molecular complexity index is 2310. The van der Waals surface area contributed by atoms with Crippen molar-refractivity contribution in [1.82, 2.24) is 29.2 Å². The van der Waals surface area contributed by atoms with E-state index in [4.69, 9.17) is 4.74 Å². The molecule has 0 bridgehead atoms. The molecule has 0 amide bonds. The molecule has 1 saturated heterocycles. The first kappa shape index (κ1) is 35.2. The van der Waals surface area contributed by atoms with E-state index in [0.717, 1.165) is 9.25 Å². The Kier molecular flexibility index (Phi) is 8.94. The topological polar surface area (TPSA) is 151 Å². The molecule has 2 N–H and O–H groups in total. The predicted octanol–water partition coefficient (Wildman–Crippen LogP) is 4.83. The minimum atomic E-state index is -2.67. The van der Waals surface area contributed by atoms with Crippen LogP contribution in [-0.2, 0) is 19.1 Å². The quantitative estimate of drug-likeness (QED) is 0.207. The van der Waals surface area contributed by atoms with Gasteiger partial charge in [-0.05, 0) is 81.1 Å². The summed E-state index contributed by atoms with van der Waals surface area (Å²) in [7, 11) is 1.46. The van der Waals surface area contributed by atoms with Crippen LogP contribution in [0.4, 0.5) is 24.7 Å². The maximum absolute atomic E-state index is 15.4. The summed E-state index contributed by atoms with van der Waals surface area (Å²) in [5.74, 6) is -2.71. The van der Waals surface area contributed by atoms with E-state index in [0.29, 0.717) is 34.6 Å². The average molecular weight is 701 g/mol. The molecule has 1 aliphatic heterocycles. The number of alkyl halides is 2. The van der Waals surface area contributed by atoms with Crippen molar-refractivity contribution in [3.05, 3.63) is 98.7 Å². The van der Waals surface area contributed by atoms with Gasteiger partial charge in [-0.15, -0.1) is 0 Å². The van der Waals surface area contributed by atoms with Gasteiger partial charge in [-0.1, -0.05) is 0 Å². The summed E-state index contributed by atoms with van der Waals surface area (Å²) in [6, 6.07) is 12.7. The van der Waals surface area contributed by atoms with Crippen LogP contribution in [-0.4, -0.2) is 65.5 Å². The molecule has 0 aliphatic carbocycles. The van der Waals surface area contributed by atoms with Gasteiger partial charge in [0.1, 0.15) is 34.5 Å². The second-order valence-corrected chi connectivity index (χ2v) is 13.7. The summed E-state index contributed by atoms with van der Waals surface area (Å²) in [6.45, 7) is 6.01. The summed E-state index contributed by atoms with van der Waals surface area (Å²) in [6.07, 6.45) is 4.28. The molecule has 0 saturated carbocycles. The molecule has 0 spiro atoms. The average Bonchev–Trinajstić information content (AvgIpc) is 3.06. The molecule has 15 heteroatoms. The first-order valence-electron chi connectivity index (χ1n) is 16.0. The summed E-state index contributed by atoms with van der Waals surface area (Å²) >= 11 is 0. The smallest absolute Gasteiger partial charge is 0.290 e. The molecule has 4 aromatic heterocycles. The van der Waals surface area contributed by atoms with E-state index in [-0.39, 0.29) is 41.2 Å². The monoisotopic (exact) mass is 700 g/mol. The van der Waals surface area contributed by atoms with Crippen LogP contribution in [0, 0.1) is 17.1 Å². The van der Waals surface area contributed by atoms with Crippen molar-refractivity contribution in [2.45, 2.75) is 51.2 Å². The predicted molar refractivity (Wildman–Crippen MR) is 184 cm³/mol. The summed E-state index contributed by atoms with van der Waals surface area (Å²) < 4.78 is 50.2. The lowest BCUT2D eigenvalue weighted by molar-refractivity contribution is -0.144. The number of nitrogens with zero attached hydrogens (tertiary/aromatic N) is 7. The Morgan fingerprint density at radius 3 is 2.45 bits per heavy atom. The fourth-order valence-electron chi connectivity index (χ4n) is 6.10. The molecule has 12 nitrogen and oxygen atoms in total. The number of pyridine rings is 3.